The van der Waals surface area contributed by atoms with Crippen LogP contribution in [0.25, 0.3) is 0 Å². The van der Waals surface area contributed by atoms with Crippen molar-refractivity contribution in [3.05, 3.63) is 23.4 Å². The topological polar surface area (TPSA) is 59.9 Å². The van der Waals surface area contributed by atoms with Crippen LogP contribution < -0.4 is 4.90 Å². The van der Waals surface area contributed by atoms with E-state index >= 15 is 0 Å². The minimum atomic E-state index is -0.645. The molecule has 0 unspecified atom stereocenters. The third-order valence-electron chi connectivity index (χ3n) is 6.41. The highest BCUT2D eigenvalue weighted by atomic mass is 16.3. The number of hydrogen-bond acceptors (Lipinski definition) is 4. The van der Waals surface area contributed by atoms with Crippen molar-refractivity contribution in [2.75, 3.05) is 45.2 Å². The number of pyridine rings is 1. The Morgan fingerprint density at radius 3 is 2.77 bits per heavy atom. The number of aliphatic hydroxyl groups is 1. The van der Waals surface area contributed by atoms with Crippen molar-refractivity contribution in [2.45, 2.75) is 44.1 Å². The first-order chi connectivity index (χ1) is 12.5. The summed E-state index contributed by atoms with van der Waals surface area (Å²) in [5.74, 6) is 1.11. The number of hydrogen-bond donors (Lipinski definition) is 1. The zero-order valence-corrected chi connectivity index (χ0v) is 15.9. The highest BCUT2D eigenvalue weighted by Gasteiger charge is 2.46. The molecule has 1 aromatic rings. The fourth-order valence-corrected chi connectivity index (χ4v) is 4.71. The molecule has 26 heavy (non-hydrogen) atoms. The van der Waals surface area contributed by atoms with E-state index in [1.807, 2.05) is 4.90 Å². The van der Waals surface area contributed by atoms with Crippen LogP contribution in [-0.4, -0.2) is 71.8 Å². The maximum Gasteiger partial charge on any atom is 0.319 e. The van der Waals surface area contributed by atoms with Crippen LogP contribution in [0.4, 0.5) is 10.6 Å². The highest BCUT2D eigenvalue weighted by Crippen LogP contribution is 2.37. The molecular weight excluding hydrogens is 328 g/mol. The van der Waals surface area contributed by atoms with Crippen molar-refractivity contribution in [1.29, 1.82) is 0 Å². The Kier molecular flexibility index (Phi) is 4.55. The molecule has 0 spiro atoms. The predicted molar refractivity (Wildman–Crippen MR) is 101 cm³/mol. The van der Waals surface area contributed by atoms with Gasteiger partial charge in [0.1, 0.15) is 5.82 Å². The Bertz CT molecular complexity index is 692. The number of fused-ring (bicyclic) bond motifs is 2. The van der Waals surface area contributed by atoms with Gasteiger partial charge in [0.25, 0.3) is 0 Å². The standard InChI is InChI=1S/C20H30N4O2/c1-22(2)19(25)24-12-10-20(26)9-11-23(13-16(20)14-24)18-8-7-15-5-3-4-6-17(15)21-18/h7-8,16,26H,3-6,9-14H2,1-2H3/t16-,20-/m0/s1. The largest absolute Gasteiger partial charge is 0.389 e. The molecule has 0 aromatic carbocycles. The second-order valence-corrected chi connectivity index (χ2v) is 8.35. The van der Waals surface area contributed by atoms with Crippen molar-refractivity contribution in [3.8, 4) is 0 Å². The third kappa shape index (κ3) is 3.15. The van der Waals surface area contributed by atoms with Gasteiger partial charge in [-0.3, -0.25) is 0 Å². The first-order valence-corrected chi connectivity index (χ1v) is 9.89. The number of amides is 2. The lowest BCUT2D eigenvalue weighted by atomic mass is 9.75. The van der Waals surface area contributed by atoms with Crippen LogP contribution in [0.15, 0.2) is 12.1 Å². The van der Waals surface area contributed by atoms with Crippen molar-refractivity contribution < 1.29 is 9.90 Å². The number of aryl methyl sites for hydroxylation is 2. The Balaban J connectivity index is 1.50. The van der Waals surface area contributed by atoms with Gasteiger partial charge in [0.05, 0.1) is 5.60 Å². The smallest absolute Gasteiger partial charge is 0.319 e. The first kappa shape index (κ1) is 17.6. The maximum absolute atomic E-state index is 12.3. The molecule has 1 aliphatic carbocycles. The van der Waals surface area contributed by atoms with Crippen LogP contribution in [0.1, 0.15) is 36.9 Å². The van der Waals surface area contributed by atoms with Gasteiger partial charge in [0, 0.05) is 51.9 Å². The van der Waals surface area contributed by atoms with Crippen LogP contribution in [0.2, 0.25) is 0 Å². The quantitative estimate of drug-likeness (QED) is 0.833. The SMILES string of the molecule is CN(C)C(=O)N1CC[C@@]2(O)CCN(c3ccc4c(n3)CCCC4)C[C@H]2C1. The molecule has 2 fully saturated rings. The summed E-state index contributed by atoms with van der Waals surface area (Å²) in [5, 5.41) is 11.1. The maximum atomic E-state index is 12.3. The van der Waals surface area contributed by atoms with E-state index in [9.17, 15) is 9.90 Å². The van der Waals surface area contributed by atoms with E-state index in [0.717, 1.165) is 38.2 Å². The Hall–Kier alpha value is -1.82. The van der Waals surface area contributed by atoms with Gasteiger partial charge in [-0.05, 0) is 50.2 Å². The van der Waals surface area contributed by atoms with Gasteiger partial charge in [0.15, 0.2) is 0 Å². The molecule has 3 aliphatic rings. The third-order valence-corrected chi connectivity index (χ3v) is 6.41. The van der Waals surface area contributed by atoms with Crippen LogP contribution in [0, 0.1) is 5.92 Å². The average molecular weight is 358 g/mol. The van der Waals surface area contributed by atoms with Crippen molar-refractivity contribution >= 4 is 11.8 Å². The van der Waals surface area contributed by atoms with Crippen LogP contribution in [0.5, 0.6) is 0 Å². The molecule has 1 N–H and O–H groups in total. The summed E-state index contributed by atoms with van der Waals surface area (Å²) < 4.78 is 0. The van der Waals surface area contributed by atoms with E-state index in [1.54, 1.807) is 19.0 Å². The molecule has 2 amide bonds. The van der Waals surface area contributed by atoms with Crippen molar-refractivity contribution in [1.82, 2.24) is 14.8 Å². The molecular formula is C20H30N4O2. The van der Waals surface area contributed by atoms with Crippen LogP contribution >= 0.6 is 0 Å². The predicted octanol–water partition coefficient (Wildman–Crippen LogP) is 1.91. The van der Waals surface area contributed by atoms with Gasteiger partial charge < -0.3 is 19.8 Å². The normalized spacial score (nSPS) is 28.3. The van der Waals surface area contributed by atoms with Gasteiger partial charge >= 0.3 is 6.03 Å². The lowest BCUT2D eigenvalue weighted by Crippen LogP contribution is -2.61. The van der Waals surface area contributed by atoms with E-state index in [2.05, 4.69) is 17.0 Å². The van der Waals surface area contributed by atoms with Crippen LogP contribution in [0.3, 0.4) is 0 Å². The average Bonchev–Trinajstić information content (AvgIpc) is 2.66. The first-order valence-electron chi connectivity index (χ1n) is 9.89. The number of likely N-dealkylation sites (tertiary alicyclic amines) is 1. The molecule has 3 heterocycles. The summed E-state index contributed by atoms with van der Waals surface area (Å²) in [6.45, 7) is 2.86. The second-order valence-electron chi connectivity index (χ2n) is 8.35. The molecule has 2 aliphatic heterocycles. The second kappa shape index (κ2) is 6.72. The van der Waals surface area contributed by atoms with E-state index < -0.39 is 5.60 Å². The molecule has 0 bridgehead atoms. The number of nitrogens with zero attached hydrogens (tertiary/aromatic N) is 4. The Morgan fingerprint density at radius 1 is 1.19 bits per heavy atom. The molecule has 0 saturated carbocycles. The molecule has 2 atom stereocenters. The zero-order chi connectivity index (χ0) is 18.3. The lowest BCUT2D eigenvalue weighted by Gasteiger charge is -2.50. The summed E-state index contributed by atoms with van der Waals surface area (Å²) in [6, 6.07) is 4.41. The summed E-state index contributed by atoms with van der Waals surface area (Å²) in [7, 11) is 3.57. The van der Waals surface area contributed by atoms with E-state index in [-0.39, 0.29) is 11.9 Å². The number of carbonyl (C=O) groups excluding carboxylic acids is 1. The van der Waals surface area contributed by atoms with Gasteiger partial charge in [-0.15, -0.1) is 0 Å². The number of rotatable bonds is 1. The summed E-state index contributed by atoms with van der Waals surface area (Å²) in [4.78, 5) is 23.1. The summed E-state index contributed by atoms with van der Waals surface area (Å²) >= 11 is 0. The minimum absolute atomic E-state index is 0.0380. The summed E-state index contributed by atoms with van der Waals surface area (Å²) in [6.07, 6.45) is 6.14. The van der Waals surface area contributed by atoms with Crippen molar-refractivity contribution in [3.63, 3.8) is 0 Å². The van der Waals surface area contributed by atoms with Gasteiger partial charge in [-0.2, -0.15) is 0 Å². The monoisotopic (exact) mass is 358 g/mol. The molecule has 6 heteroatoms. The Morgan fingerprint density at radius 2 is 1.96 bits per heavy atom. The highest BCUT2D eigenvalue weighted by molar-refractivity contribution is 5.74. The van der Waals surface area contributed by atoms with Gasteiger partial charge in [-0.25, -0.2) is 9.78 Å². The molecule has 6 nitrogen and oxygen atoms in total. The zero-order valence-electron chi connectivity index (χ0n) is 15.9. The number of anilines is 1. The summed E-state index contributed by atoms with van der Waals surface area (Å²) in [5.41, 5.74) is 2.00. The number of aromatic nitrogens is 1. The van der Waals surface area contributed by atoms with Crippen LogP contribution in [-0.2, 0) is 12.8 Å². The number of carbonyl (C=O) groups is 1. The number of piperidine rings is 2. The molecule has 2 saturated heterocycles. The van der Waals surface area contributed by atoms with Gasteiger partial charge in [-0.1, -0.05) is 6.07 Å². The van der Waals surface area contributed by atoms with Crippen molar-refractivity contribution in [2.24, 2.45) is 5.92 Å². The fraction of sp³-hybridized carbons (Fsp3) is 0.700. The van der Waals surface area contributed by atoms with E-state index in [0.29, 0.717) is 19.5 Å². The molecule has 4 rings (SSSR count). The fourth-order valence-electron chi connectivity index (χ4n) is 4.71. The van der Waals surface area contributed by atoms with E-state index in [4.69, 9.17) is 4.98 Å². The van der Waals surface area contributed by atoms with E-state index in [1.165, 1.54) is 24.1 Å². The Labute approximate surface area is 155 Å². The number of urea groups is 1. The van der Waals surface area contributed by atoms with Gasteiger partial charge in [0.2, 0.25) is 0 Å². The molecule has 0 radical (unpaired) electrons. The molecule has 142 valence electrons. The lowest BCUT2D eigenvalue weighted by molar-refractivity contribution is -0.0760. The molecule has 1 aromatic heterocycles. The minimum Gasteiger partial charge on any atom is -0.389 e.